The van der Waals surface area contributed by atoms with Crippen LogP contribution in [0.5, 0.6) is 5.75 Å². The van der Waals surface area contributed by atoms with Gasteiger partial charge < -0.3 is 21.3 Å². The van der Waals surface area contributed by atoms with Crippen molar-refractivity contribution in [1.82, 2.24) is 0 Å². The number of nitrogens with one attached hydrogen (secondary N) is 1. The number of carboxylic acid groups (broad SMARTS) is 1. The lowest BCUT2D eigenvalue weighted by Gasteiger charge is -2.28. The number of benzene rings is 2. The van der Waals surface area contributed by atoms with Gasteiger partial charge in [-0.1, -0.05) is 41.5 Å². The van der Waals surface area contributed by atoms with Crippen LogP contribution in [-0.4, -0.2) is 16.2 Å². The van der Waals surface area contributed by atoms with Gasteiger partial charge in [0.1, 0.15) is 5.75 Å². The van der Waals surface area contributed by atoms with Gasteiger partial charge in [-0.15, -0.1) is 0 Å². The van der Waals surface area contributed by atoms with Crippen LogP contribution in [-0.2, 0) is 10.8 Å². The summed E-state index contributed by atoms with van der Waals surface area (Å²) in [6.45, 7) is 12.2. The first kappa shape index (κ1) is 19.6. The molecule has 2 rings (SSSR count). The zero-order chi connectivity index (χ0) is 19.9. The molecule has 5 N–H and O–H groups in total. The molecule has 0 aliphatic heterocycles. The Morgan fingerprint density at radius 1 is 0.962 bits per heavy atom. The molecule has 0 saturated heterocycles. The molecular formula is C21H28N2O3. The Morgan fingerprint density at radius 3 is 1.88 bits per heavy atom. The zero-order valence-corrected chi connectivity index (χ0v) is 16.3. The highest BCUT2D eigenvalue weighted by molar-refractivity contribution is 5.91. The maximum Gasteiger partial charge on any atom is 0.335 e. The number of phenolic OH excluding ortho intramolecular Hbond substituents is 1. The minimum atomic E-state index is -1.01. The van der Waals surface area contributed by atoms with Crippen LogP contribution in [0.25, 0.3) is 0 Å². The number of aromatic carboxylic acids is 1. The van der Waals surface area contributed by atoms with Crippen LogP contribution < -0.4 is 11.1 Å². The molecule has 5 heteroatoms. The summed E-state index contributed by atoms with van der Waals surface area (Å²) in [7, 11) is 0. The number of aromatic hydroxyl groups is 1. The van der Waals surface area contributed by atoms with Crippen molar-refractivity contribution in [2.75, 3.05) is 11.1 Å². The van der Waals surface area contributed by atoms with Crippen LogP contribution in [0.2, 0.25) is 0 Å². The van der Waals surface area contributed by atoms with Crippen LogP contribution in [0, 0.1) is 0 Å². The second-order valence-electron chi connectivity index (χ2n) is 8.65. The van der Waals surface area contributed by atoms with Gasteiger partial charge >= 0.3 is 5.97 Å². The maximum atomic E-state index is 11.2. The number of carbonyl (C=O) groups is 1. The average Bonchev–Trinajstić information content (AvgIpc) is 2.48. The summed E-state index contributed by atoms with van der Waals surface area (Å²) >= 11 is 0. The predicted octanol–water partition coefficient (Wildman–Crippen LogP) is 5.01. The van der Waals surface area contributed by atoms with Crippen molar-refractivity contribution in [3.05, 3.63) is 47.0 Å². The first-order valence-corrected chi connectivity index (χ1v) is 8.58. The number of rotatable bonds is 3. The van der Waals surface area contributed by atoms with Gasteiger partial charge in [0.2, 0.25) is 0 Å². The third-order valence-corrected chi connectivity index (χ3v) is 4.31. The number of anilines is 3. The standard InChI is InChI=1S/C21H28N2O3/c1-20(2,3)14-10-13(11-15(18(14)24)21(4,5)6)23-17-9-12(19(25)26)7-8-16(17)22/h7-11,23-24H,22H2,1-6H3,(H,25,26). The molecule has 0 fully saturated rings. The van der Waals surface area contributed by atoms with E-state index in [0.29, 0.717) is 17.1 Å². The van der Waals surface area contributed by atoms with Crippen LogP contribution in [0.1, 0.15) is 63.0 Å². The van der Waals surface area contributed by atoms with E-state index in [0.717, 1.165) is 16.8 Å². The van der Waals surface area contributed by atoms with Gasteiger partial charge in [0.15, 0.2) is 0 Å². The van der Waals surface area contributed by atoms with E-state index in [1.54, 1.807) is 6.07 Å². The quantitative estimate of drug-likeness (QED) is 0.458. The fourth-order valence-corrected chi connectivity index (χ4v) is 2.80. The number of phenols is 1. The van der Waals surface area contributed by atoms with Gasteiger partial charge in [0.25, 0.3) is 0 Å². The van der Waals surface area contributed by atoms with Crippen LogP contribution in [0.3, 0.4) is 0 Å². The van der Waals surface area contributed by atoms with Crippen molar-refractivity contribution in [2.24, 2.45) is 0 Å². The van der Waals surface area contributed by atoms with E-state index >= 15 is 0 Å². The van der Waals surface area contributed by atoms with E-state index in [4.69, 9.17) is 5.73 Å². The molecule has 0 heterocycles. The summed E-state index contributed by atoms with van der Waals surface area (Å²) in [6, 6.07) is 8.33. The highest BCUT2D eigenvalue weighted by Gasteiger charge is 2.26. The molecule has 0 amide bonds. The first-order valence-electron chi connectivity index (χ1n) is 8.58. The first-order chi connectivity index (χ1) is 11.8. The van der Waals surface area contributed by atoms with E-state index in [9.17, 15) is 15.0 Å². The lowest BCUT2D eigenvalue weighted by Crippen LogP contribution is -2.17. The monoisotopic (exact) mass is 356 g/mol. The minimum Gasteiger partial charge on any atom is -0.507 e. The van der Waals surface area contributed by atoms with Gasteiger partial charge in [-0.25, -0.2) is 4.79 Å². The molecule has 0 radical (unpaired) electrons. The topological polar surface area (TPSA) is 95.6 Å². The highest BCUT2D eigenvalue weighted by Crippen LogP contribution is 2.41. The molecular weight excluding hydrogens is 328 g/mol. The predicted molar refractivity (Wildman–Crippen MR) is 107 cm³/mol. The SMILES string of the molecule is CC(C)(C)c1cc(Nc2cc(C(=O)O)ccc2N)cc(C(C)(C)C)c1O. The Balaban J connectivity index is 2.61. The van der Waals surface area contributed by atoms with Crippen molar-refractivity contribution in [3.8, 4) is 5.75 Å². The molecule has 0 unspecified atom stereocenters. The Labute approximate surface area is 154 Å². The normalized spacial score (nSPS) is 12.1. The largest absolute Gasteiger partial charge is 0.507 e. The molecule has 0 saturated carbocycles. The van der Waals surface area contributed by atoms with Gasteiger partial charge in [-0.05, 0) is 41.2 Å². The molecule has 0 atom stereocenters. The second kappa shape index (κ2) is 6.56. The summed E-state index contributed by atoms with van der Waals surface area (Å²) in [5, 5.41) is 23.2. The fraction of sp³-hybridized carbons (Fsp3) is 0.381. The number of carboxylic acids is 1. The molecule has 0 aromatic heterocycles. The summed E-state index contributed by atoms with van der Waals surface area (Å²) in [6.07, 6.45) is 0. The second-order valence-corrected chi connectivity index (χ2v) is 8.65. The molecule has 2 aromatic rings. The van der Waals surface area contributed by atoms with Crippen molar-refractivity contribution in [3.63, 3.8) is 0 Å². The number of hydrogen-bond donors (Lipinski definition) is 4. The zero-order valence-electron chi connectivity index (χ0n) is 16.3. The van der Waals surface area contributed by atoms with Crippen LogP contribution >= 0.6 is 0 Å². The Kier molecular flexibility index (Phi) is 4.95. The molecule has 5 nitrogen and oxygen atoms in total. The fourth-order valence-electron chi connectivity index (χ4n) is 2.80. The summed E-state index contributed by atoms with van der Waals surface area (Å²) in [5.41, 5.74) is 9.04. The van der Waals surface area contributed by atoms with Crippen molar-refractivity contribution < 1.29 is 15.0 Å². The lowest BCUT2D eigenvalue weighted by atomic mass is 9.79. The third kappa shape index (κ3) is 4.10. The number of nitrogen functional groups attached to an aromatic ring is 1. The maximum absolute atomic E-state index is 11.2. The minimum absolute atomic E-state index is 0.160. The Hall–Kier alpha value is -2.69. The molecule has 0 aliphatic rings. The molecule has 0 bridgehead atoms. The number of hydrogen-bond acceptors (Lipinski definition) is 4. The Bertz CT molecular complexity index is 808. The highest BCUT2D eigenvalue weighted by atomic mass is 16.4. The van der Waals surface area contributed by atoms with Crippen molar-refractivity contribution in [1.29, 1.82) is 0 Å². The smallest absolute Gasteiger partial charge is 0.335 e. The Morgan fingerprint density at radius 2 is 1.46 bits per heavy atom. The van der Waals surface area contributed by atoms with Crippen molar-refractivity contribution in [2.45, 2.75) is 52.4 Å². The third-order valence-electron chi connectivity index (χ3n) is 4.31. The van der Waals surface area contributed by atoms with Crippen molar-refractivity contribution >= 4 is 23.0 Å². The summed E-state index contributed by atoms with van der Waals surface area (Å²) in [4.78, 5) is 11.2. The van der Waals surface area contributed by atoms with E-state index in [-0.39, 0.29) is 16.4 Å². The average molecular weight is 356 g/mol. The molecule has 2 aromatic carbocycles. The summed E-state index contributed by atoms with van der Waals surface area (Å²) in [5.74, 6) is -0.715. The molecule has 0 spiro atoms. The van der Waals surface area contributed by atoms with E-state index in [1.807, 2.05) is 53.7 Å². The van der Waals surface area contributed by atoms with Crippen LogP contribution in [0.15, 0.2) is 30.3 Å². The van der Waals surface area contributed by atoms with Gasteiger partial charge in [-0.2, -0.15) is 0 Å². The number of nitrogens with two attached hydrogens (primary N) is 1. The molecule has 26 heavy (non-hydrogen) atoms. The van der Waals surface area contributed by atoms with E-state index in [1.165, 1.54) is 12.1 Å². The van der Waals surface area contributed by atoms with Crippen LogP contribution in [0.4, 0.5) is 17.1 Å². The molecule has 140 valence electrons. The van der Waals surface area contributed by atoms with E-state index < -0.39 is 5.97 Å². The summed E-state index contributed by atoms with van der Waals surface area (Å²) < 4.78 is 0. The van der Waals surface area contributed by atoms with E-state index in [2.05, 4.69) is 5.32 Å². The van der Waals surface area contributed by atoms with Gasteiger partial charge in [0, 0.05) is 16.8 Å². The lowest BCUT2D eigenvalue weighted by molar-refractivity contribution is 0.0697. The molecule has 0 aliphatic carbocycles. The van der Waals surface area contributed by atoms with Gasteiger partial charge in [-0.3, -0.25) is 0 Å². The van der Waals surface area contributed by atoms with Gasteiger partial charge in [0.05, 0.1) is 16.9 Å².